The van der Waals surface area contributed by atoms with Gasteiger partial charge in [0.2, 0.25) is 5.91 Å². The number of thioether (sulfide) groups is 1. The number of aryl methyl sites for hydroxylation is 1. The quantitative estimate of drug-likeness (QED) is 0.834. The molecule has 2 aromatic rings. The lowest BCUT2D eigenvalue weighted by Crippen LogP contribution is -2.50. The predicted molar refractivity (Wildman–Crippen MR) is 100 cm³/mol. The minimum atomic E-state index is -0.103. The summed E-state index contributed by atoms with van der Waals surface area (Å²) in [6.07, 6.45) is 4.26. The van der Waals surface area contributed by atoms with Crippen molar-refractivity contribution in [1.29, 1.82) is 0 Å². The van der Waals surface area contributed by atoms with Crippen molar-refractivity contribution in [3.8, 4) is 0 Å². The van der Waals surface area contributed by atoms with E-state index < -0.39 is 0 Å². The summed E-state index contributed by atoms with van der Waals surface area (Å²) in [5.74, 6) is 1.58. The van der Waals surface area contributed by atoms with Gasteiger partial charge in [-0.25, -0.2) is 0 Å². The number of carbonyl (C=O) groups is 2. The molecule has 136 valence electrons. The second-order valence-corrected chi connectivity index (χ2v) is 7.86. The first-order valence-electron chi connectivity index (χ1n) is 9.06. The highest BCUT2D eigenvalue weighted by Gasteiger charge is 2.26. The van der Waals surface area contributed by atoms with Gasteiger partial charge in [-0.15, -0.1) is 11.8 Å². The van der Waals surface area contributed by atoms with Gasteiger partial charge < -0.3 is 14.2 Å². The monoisotopic (exact) mass is 370 g/mol. The SMILES string of the molecule is O=C(Cc1ccc2c(c1)CCCS2)N1CCN(C(=O)c2ccco2)CC1. The van der Waals surface area contributed by atoms with Gasteiger partial charge in [-0.05, 0) is 47.9 Å². The number of furan rings is 1. The van der Waals surface area contributed by atoms with Crippen LogP contribution < -0.4 is 0 Å². The maximum absolute atomic E-state index is 12.6. The molecule has 0 N–H and O–H groups in total. The molecule has 2 aliphatic rings. The lowest BCUT2D eigenvalue weighted by molar-refractivity contribution is -0.131. The van der Waals surface area contributed by atoms with Crippen molar-refractivity contribution in [3.63, 3.8) is 0 Å². The van der Waals surface area contributed by atoms with Gasteiger partial charge in [0.05, 0.1) is 12.7 Å². The van der Waals surface area contributed by atoms with Gasteiger partial charge in [-0.1, -0.05) is 12.1 Å². The first-order valence-corrected chi connectivity index (χ1v) is 10.0. The fourth-order valence-electron chi connectivity index (χ4n) is 3.53. The van der Waals surface area contributed by atoms with Gasteiger partial charge in [0, 0.05) is 31.1 Å². The summed E-state index contributed by atoms with van der Waals surface area (Å²) in [5.41, 5.74) is 2.46. The topological polar surface area (TPSA) is 53.8 Å². The van der Waals surface area contributed by atoms with Crippen LogP contribution in [0.4, 0.5) is 0 Å². The van der Waals surface area contributed by atoms with Crippen molar-refractivity contribution >= 4 is 23.6 Å². The van der Waals surface area contributed by atoms with Gasteiger partial charge in [0.25, 0.3) is 5.91 Å². The van der Waals surface area contributed by atoms with Crippen LogP contribution in [0.2, 0.25) is 0 Å². The van der Waals surface area contributed by atoms with Gasteiger partial charge >= 0.3 is 0 Å². The second-order valence-electron chi connectivity index (χ2n) is 6.72. The Hall–Kier alpha value is -2.21. The summed E-state index contributed by atoms with van der Waals surface area (Å²) in [4.78, 5) is 29.9. The van der Waals surface area contributed by atoms with E-state index in [1.165, 1.54) is 28.9 Å². The number of nitrogens with zero attached hydrogens (tertiary/aromatic N) is 2. The number of amides is 2. The van der Waals surface area contributed by atoms with Crippen LogP contribution >= 0.6 is 11.8 Å². The summed E-state index contributed by atoms with van der Waals surface area (Å²) in [6.45, 7) is 2.25. The third-order valence-electron chi connectivity index (χ3n) is 4.98. The third kappa shape index (κ3) is 3.65. The van der Waals surface area contributed by atoms with Crippen molar-refractivity contribution in [1.82, 2.24) is 9.80 Å². The van der Waals surface area contributed by atoms with Crippen molar-refractivity contribution in [3.05, 3.63) is 53.5 Å². The van der Waals surface area contributed by atoms with Crippen LogP contribution in [0.25, 0.3) is 0 Å². The molecule has 0 unspecified atom stereocenters. The van der Waals surface area contributed by atoms with Gasteiger partial charge in [-0.2, -0.15) is 0 Å². The fraction of sp³-hybridized carbons (Fsp3) is 0.400. The standard InChI is InChI=1S/C20H22N2O3S/c23-19(14-15-5-6-18-16(13-15)3-2-12-26-18)21-7-9-22(10-8-21)20(24)17-4-1-11-25-17/h1,4-6,11,13H,2-3,7-10,12,14H2. The molecular weight excluding hydrogens is 348 g/mol. The number of piperazine rings is 1. The molecular formula is C20H22N2O3S. The lowest BCUT2D eigenvalue weighted by atomic mass is 10.0. The van der Waals surface area contributed by atoms with E-state index in [9.17, 15) is 9.59 Å². The minimum absolute atomic E-state index is 0.103. The van der Waals surface area contributed by atoms with E-state index in [-0.39, 0.29) is 11.8 Å². The lowest BCUT2D eigenvalue weighted by Gasteiger charge is -2.34. The fourth-order valence-corrected chi connectivity index (χ4v) is 4.54. The van der Waals surface area contributed by atoms with Crippen LogP contribution in [0.1, 0.15) is 28.1 Å². The Balaban J connectivity index is 1.33. The Morgan fingerprint density at radius 2 is 1.88 bits per heavy atom. The second kappa shape index (κ2) is 7.58. The normalized spacial score (nSPS) is 17.1. The Labute approximate surface area is 157 Å². The highest BCUT2D eigenvalue weighted by atomic mass is 32.2. The highest BCUT2D eigenvalue weighted by Crippen LogP contribution is 2.30. The molecule has 1 saturated heterocycles. The van der Waals surface area contributed by atoms with E-state index in [1.54, 1.807) is 17.0 Å². The van der Waals surface area contributed by atoms with Crippen LogP contribution in [0, 0.1) is 0 Å². The smallest absolute Gasteiger partial charge is 0.289 e. The molecule has 1 aromatic carbocycles. The first-order chi connectivity index (χ1) is 12.7. The number of rotatable bonds is 3. The molecule has 2 aliphatic heterocycles. The number of fused-ring (bicyclic) bond motifs is 1. The zero-order chi connectivity index (χ0) is 17.9. The molecule has 0 saturated carbocycles. The minimum Gasteiger partial charge on any atom is -0.459 e. The Kier molecular flexibility index (Phi) is 5.02. The molecule has 0 spiro atoms. The molecule has 4 rings (SSSR count). The Bertz CT molecular complexity index is 795. The van der Waals surface area contributed by atoms with E-state index >= 15 is 0 Å². The molecule has 1 fully saturated rings. The molecule has 6 heteroatoms. The Morgan fingerprint density at radius 3 is 2.65 bits per heavy atom. The number of carbonyl (C=O) groups excluding carboxylic acids is 2. The maximum atomic E-state index is 12.6. The van der Waals surface area contributed by atoms with Crippen molar-refractivity contribution in [2.24, 2.45) is 0 Å². The molecule has 1 aromatic heterocycles. The zero-order valence-electron chi connectivity index (χ0n) is 14.6. The van der Waals surface area contributed by atoms with E-state index in [2.05, 4.69) is 18.2 Å². The van der Waals surface area contributed by atoms with E-state index in [0.717, 1.165) is 12.0 Å². The zero-order valence-corrected chi connectivity index (χ0v) is 15.5. The summed E-state index contributed by atoms with van der Waals surface area (Å²) >= 11 is 1.91. The van der Waals surface area contributed by atoms with Crippen LogP contribution in [0.15, 0.2) is 45.9 Å². The van der Waals surface area contributed by atoms with Crippen LogP contribution in [-0.2, 0) is 17.6 Å². The van der Waals surface area contributed by atoms with E-state index in [1.807, 2.05) is 16.7 Å². The number of hydrogen-bond donors (Lipinski definition) is 0. The predicted octanol–water partition coefficient (Wildman–Crippen LogP) is 2.85. The van der Waals surface area contributed by atoms with Crippen LogP contribution in [0.5, 0.6) is 0 Å². The maximum Gasteiger partial charge on any atom is 0.289 e. The molecule has 2 amide bonds. The van der Waals surface area contributed by atoms with Gasteiger partial charge in [0.1, 0.15) is 0 Å². The molecule has 26 heavy (non-hydrogen) atoms. The molecule has 0 atom stereocenters. The summed E-state index contributed by atoms with van der Waals surface area (Å²) in [7, 11) is 0. The summed E-state index contributed by atoms with van der Waals surface area (Å²) in [5, 5.41) is 0. The van der Waals surface area contributed by atoms with Gasteiger partial charge in [0.15, 0.2) is 5.76 Å². The van der Waals surface area contributed by atoms with Crippen molar-refractivity contribution < 1.29 is 14.0 Å². The molecule has 0 bridgehead atoms. The number of benzene rings is 1. The van der Waals surface area contributed by atoms with Crippen molar-refractivity contribution in [2.45, 2.75) is 24.2 Å². The molecule has 3 heterocycles. The van der Waals surface area contributed by atoms with Gasteiger partial charge in [-0.3, -0.25) is 9.59 Å². The first kappa shape index (κ1) is 17.2. The Morgan fingerprint density at radius 1 is 1.08 bits per heavy atom. The van der Waals surface area contributed by atoms with Crippen LogP contribution in [0.3, 0.4) is 0 Å². The van der Waals surface area contributed by atoms with E-state index in [4.69, 9.17) is 4.42 Å². The van der Waals surface area contributed by atoms with E-state index in [0.29, 0.717) is 38.4 Å². The average molecular weight is 370 g/mol. The summed E-state index contributed by atoms with van der Waals surface area (Å²) in [6, 6.07) is 9.81. The summed E-state index contributed by atoms with van der Waals surface area (Å²) < 4.78 is 5.17. The van der Waals surface area contributed by atoms with Crippen LogP contribution in [-0.4, -0.2) is 53.5 Å². The molecule has 0 aliphatic carbocycles. The molecule has 5 nitrogen and oxygen atoms in total. The third-order valence-corrected chi connectivity index (χ3v) is 6.18. The van der Waals surface area contributed by atoms with Crippen molar-refractivity contribution in [2.75, 3.05) is 31.9 Å². The highest BCUT2D eigenvalue weighted by molar-refractivity contribution is 7.99. The number of hydrogen-bond acceptors (Lipinski definition) is 4. The molecule has 0 radical (unpaired) electrons. The average Bonchev–Trinajstić information content (AvgIpc) is 3.22. The largest absolute Gasteiger partial charge is 0.459 e.